The summed E-state index contributed by atoms with van der Waals surface area (Å²) in [6.45, 7) is 1.81. The lowest BCUT2D eigenvalue weighted by molar-refractivity contribution is -0.117. The van der Waals surface area contributed by atoms with Gasteiger partial charge in [0.15, 0.2) is 0 Å². The predicted molar refractivity (Wildman–Crippen MR) is 129 cm³/mol. The van der Waals surface area contributed by atoms with E-state index in [1.807, 2.05) is 77.7 Å². The van der Waals surface area contributed by atoms with Gasteiger partial charge in [-0.05, 0) is 61.6 Å². The quantitative estimate of drug-likeness (QED) is 0.388. The van der Waals surface area contributed by atoms with Crippen LogP contribution in [0, 0.1) is 5.92 Å². The zero-order valence-corrected chi connectivity index (χ0v) is 18.4. The van der Waals surface area contributed by atoms with Crippen LogP contribution in [-0.2, 0) is 9.59 Å². The monoisotopic (exact) mass is 442 g/mol. The molecule has 3 aromatic heterocycles. The van der Waals surface area contributed by atoms with Gasteiger partial charge in [-0.2, -0.15) is 0 Å². The Morgan fingerprint density at radius 2 is 2.00 bits per heavy atom. The molecule has 160 valence electrons. The van der Waals surface area contributed by atoms with Gasteiger partial charge in [-0.1, -0.05) is 12.1 Å². The molecule has 0 saturated heterocycles. The van der Waals surface area contributed by atoms with Gasteiger partial charge in [0.05, 0.1) is 16.9 Å². The Labute approximate surface area is 189 Å². The minimum atomic E-state index is -0.132. The molecular formula is C25H22N4O2S. The van der Waals surface area contributed by atoms with Crippen molar-refractivity contribution >= 4 is 51.6 Å². The van der Waals surface area contributed by atoms with Gasteiger partial charge < -0.3 is 15.2 Å². The number of pyridine rings is 1. The van der Waals surface area contributed by atoms with Gasteiger partial charge in [-0.25, -0.2) is 4.98 Å². The van der Waals surface area contributed by atoms with Gasteiger partial charge in [0.2, 0.25) is 5.91 Å². The second-order valence-corrected chi connectivity index (χ2v) is 8.86. The molecule has 1 saturated carbocycles. The van der Waals surface area contributed by atoms with Crippen LogP contribution in [0.1, 0.15) is 24.6 Å². The molecule has 0 aliphatic heterocycles. The molecule has 0 atom stereocenters. The predicted octanol–water partition coefficient (Wildman–Crippen LogP) is 5.48. The van der Waals surface area contributed by atoms with Crippen LogP contribution >= 0.6 is 11.3 Å². The molecule has 3 heterocycles. The van der Waals surface area contributed by atoms with Crippen LogP contribution < -0.4 is 10.6 Å². The van der Waals surface area contributed by atoms with Crippen LogP contribution in [0.2, 0.25) is 0 Å². The topological polar surface area (TPSA) is 76.0 Å². The Bertz CT molecular complexity index is 1330. The number of aromatic nitrogens is 2. The zero-order valence-electron chi connectivity index (χ0n) is 17.5. The van der Waals surface area contributed by atoms with Crippen LogP contribution in [0.4, 0.5) is 11.5 Å². The van der Waals surface area contributed by atoms with Crippen LogP contribution in [0.3, 0.4) is 0 Å². The molecular weight excluding hydrogens is 420 g/mol. The van der Waals surface area contributed by atoms with E-state index in [2.05, 4.69) is 15.6 Å². The van der Waals surface area contributed by atoms with E-state index >= 15 is 0 Å². The van der Waals surface area contributed by atoms with Crippen molar-refractivity contribution in [1.82, 2.24) is 9.55 Å². The largest absolute Gasteiger partial charge is 0.322 e. The fourth-order valence-electron chi connectivity index (χ4n) is 3.59. The number of hydrogen-bond acceptors (Lipinski definition) is 4. The van der Waals surface area contributed by atoms with E-state index in [9.17, 15) is 9.59 Å². The highest BCUT2D eigenvalue weighted by molar-refractivity contribution is 7.10. The van der Waals surface area contributed by atoms with Crippen molar-refractivity contribution in [1.29, 1.82) is 0 Å². The van der Waals surface area contributed by atoms with Crippen molar-refractivity contribution in [3.05, 3.63) is 76.8 Å². The minimum Gasteiger partial charge on any atom is -0.322 e. The fourth-order valence-corrected chi connectivity index (χ4v) is 4.30. The maximum atomic E-state index is 12.7. The Morgan fingerprint density at radius 1 is 1.12 bits per heavy atom. The average Bonchev–Trinajstić information content (AvgIpc) is 3.35. The normalized spacial score (nSPS) is 13.8. The summed E-state index contributed by atoms with van der Waals surface area (Å²) >= 11 is 1.60. The summed E-state index contributed by atoms with van der Waals surface area (Å²) in [5.74, 6) is 0.562. The number of rotatable bonds is 6. The summed E-state index contributed by atoms with van der Waals surface area (Å²) < 4.78 is 2.02. The summed E-state index contributed by atoms with van der Waals surface area (Å²) in [5.41, 5.74) is 3.24. The van der Waals surface area contributed by atoms with Crippen molar-refractivity contribution in [2.75, 3.05) is 10.6 Å². The lowest BCUT2D eigenvalue weighted by Crippen LogP contribution is -2.14. The van der Waals surface area contributed by atoms with Crippen molar-refractivity contribution < 1.29 is 9.59 Å². The van der Waals surface area contributed by atoms with E-state index in [0.717, 1.165) is 40.0 Å². The Hall–Kier alpha value is -3.71. The SMILES string of the molecule is C/C(=C/c1cccs1)C(=O)Nc1cccc2c1ccn2-c1ccnc(NC(=O)C2CC2)c1. The van der Waals surface area contributed by atoms with E-state index < -0.39 is 0 Å². The summed E-state index contributed by atoms with van der Waals surface area (Å²) in [7, 11) is 0. The molecule has 0 unspecified atom stereocenters. The highest BCUT2D eigenvalue weighted by Crippen LogP contribution is 2.31. The van der Waals surface area contributed by atoms with E-state index in [1.165, 1.54) is 0 Å². The fraction of sp³-hybridized carbons (Fsp3) is 0.160. The Morgan fingerprint density at radius 3 is 2.78 bits per heavy atom. The number of nitrogens with one attached hydrogen (secondary N) is 2. The first kappa shape index (κ1) is 20.2. The highest BCUT2D eigenvalue weighted by Gasteiger charge is 2.29. The number of carbonyl (C=O) groups is 2. The maximum Gasteiger partial charge on any atom is 0.251 e. The molecule has 4 aromatic rings. The minimum absolute atomic E-state index is 0.0305. The smallest absolute Gasteiger partial charge is 0.251 e. The molecule has 2 N–H and O–H groups in total. The van der Waals surface area contributed by atoms with E-state index in [1.54, 1.807) is 17.5 Å². The summed E-state index contributed by atoms with van der Waals surface area (Å²) in [6.07, 6.45) is 7.43. The number of benzene rings is 1. The van der Waals surface area contributed by atoms with E-state index in [4.69, 9.17) is 0 Å². The van der Waals surface area contributed by atoms with Gasteiger partial charge in [-0.15, -0.1) is 11.3 Å². The first-order chi connectivity index (χ1) is 15.6. The van der Waals surface area contributed by atoms with Gasteiger partial charge in [0.1, 0.15) is 5.82 Å². The third-order valence-corrected chi connectivity index (χ3v) is 6.28. The first-order valence-corrected chi connectivity index (χ1v) is 11.4. The van der Waals surface area contributed by atoms with Crippen LogP contribution in [0.15, 0.2) is 71.9 Å². The van der Waals surface area contributed by atoms with Crippen molar-refractivity contribution in [2.45, 2.75) is 19.8 Å². The summed E-state index contributed by atoms with van der Waals surface area (Å²) in [5, 5.41) is 8.85. The lowest BCUT2D eigenvalue weighted by Gasteiger charge is -2.10. The number of amides is 2. The second-order valence-electron chi connectivity index (χ2n) is 7.88. The summed E-state index contributed by atoms with van der Waals surface area (Å²) in [6, 6.07) is 15.5. The standard InChI is InChI=1S/C25H22N4O2S/c1-16(14-19-4-3-13-32-19)24(30)27-21-5-2-6-22-20(21)10-12-29(22)18-9-11-26-23(15-18)28-25(31)17-7-8-17/h2-6,9-15,17H,7-8H2,1H3,(H,27,30)(H,26,28,31)/b16-14-. The number of anilines is 2. The van der Waals surface area contributed by atoms with E-state index in [-0.39, 0.29) is 17.7 Å². The van der Waals surface area contributed by atoms with Gasteiger partial charge in [0, 0.05) is 40.2 Å². The molecule has 6 nitrogen and oxygen atoms in total. The molecule has 32 heavy (non-hydrogen) atoms. The molecule has 1 aliphatic carbocycles. The lowest BCUT2D eigenvalue weighted by atomic mass is 10.2. The third kappa shape index (κ3) is 4.20. The zero-order chi connectivity index (χ0) is 22.1. The number of nitrogens with zero attached hydrogens (tertiary/aromatic N) is 2. The molecule has 0 spiro atoms. The Balaban J connectivity index is 1.41. The molecule has 5 rings (SSSR count). The van der Waals surface area contributed by atoms with Crippen LogP contribution in [0.25, 0.3) is 22.7 Å². The molecule has 1 aromatic carbocycles. The molecule has 1 fully saturated rings. The van der Waals surface area contributed by atoms with Crippen molar-refractivity contribution in [2.24, 2.45) is 5.92 Å². The molecule has 1 aliphatic rings. The molecule has 2 amide bonds. The van der Waals surface area contributed by atoms with Crippen LogP contribution in [0.5, 0.6) is 0 Å². The third-order valence-electron chi connectivity index (χ3n) is 5.46. The number of fused-ring (bicyclic) bond motifs is 1. The summed E-state index contributed by atoms with van der Waals surface area (Å²) in [4.78, 5) is 30.1. The number of carbonyl (C=O) groups excluding carboxylic acids is 2. The van der Waals surface area contributed by atoms with Gasteiger partial charge in [0.25, 0.3) is 5.91 Å². The Kier molecular flexibility index (Phi) is 5.33. The van der Waals surface area contributed by atoms with E-state index in [0.29, 0.717) is 11.4 Å². The van der Waals surface area contributed by atoms with Gasteiger partial charge >= 0.3 is 0 Å². The second kappa shape index (κ2) is 8.43. The van der Waals surface area contributed by atoms with Crippen molar-refractivity contribution in [3.63, 3.8) is 0 Å². The maximum absolute atomic E-state index is 12.7. The average molecular weight is 443 g/mol. The van der Waals surface area contributed by atoms with Gasteiger partial charge in [-0.3, -0.25) is 9.59 Å². The molecule has 7 heteroatoms. The first-order valence-electron chi connectivity index (χ1n) is 10.5. The highest BCUT2D eigenvalue weighted by atomic mass is 32.1. The molecule has 0 radical (unpaired) electrons. The number of hydrogen-bond donors (Lipinski definition) is 2. The number of thiophene rings is 1. The van der Waals surface area contributed by atoms with Crippen LogP contribution in [-0.4, -0.2) is 21.4 Å². The molecule has 0 bridgehead atoms. The van der Waals surface area contributed by atoms with Crippen molar-refractivity contribution in [3.8, 4) is 5.69 Å².